The molecule has 1 aromatic heterocycles. The van der Waals surface area contributed by atoms with E-state index < -0.39 is 88.7 Å². The number of phosphoric ester groups is 2. The predicted molar refractivity (Wildman–Crippen MR) is 107 cm³/mol. The molecule has 0 radical (unpaired) electrons. The number of nitrogens with one attached hydrogen (secondary N) is 1. The topological polar surface area (TPSA) is 277 Å². The van der Waals surface area contributed by atoms with Gasteiger partial charge in [0, 0.05) is 12.3 Å². The first-order valence-corrected chi connectivity index (χ1v) is 12.8. The van der Waals surface area contributed by atoms with Crippen LogP contribution in [0.25, 0.3) is 0 Å². The van der Waals surface area contributed by atoms with Crippen LogP contribution in [-0.2, 0) is 32.0 Å². The second-order valence-electron chi connectivity index (χ2n) is 7.66. The van der Waals surface area contributed by atoms with Gasteiger partial charge < -0.3 is 44.8 Å². The van der Waals surface area contributed by atoms with Crippen molar-refractivity contribution in [1.82, 2.24) is 9.55 Å². The maximum absolute atomic E-state index is 12.1. The molecule has 11 atom stereocenters. The van der Waals surface area contributed by atoms with Gasteiger partial charge in [-0.05, 0) is 6.92 Å². The van der Waals surface area contributed by atoms with E-state index in [9.17, 15) is 54.0 Å². The van der Waals surface area contributed by atoms with Crippen LogP contribution in [-0.4, -0.2) is 100 Å². The highest BCUT2D eigenvalue weighted by atomic mass is 31.3. The largest absolute Gasteiger partial charge is 0.483 e. The van der Waals surface area contributed by atoms with E-state index in [0.29, 0.717) is 0 Å². The number of aromatic amines is 1. The van der Waals surface area contributed by atoms with Crippen molar-refractivity contribution in [3.8, 4) is 0 Å². The number of aliphatic hydroxyl groups excluding tert-OH is 5. The van der Waals surface area contributed by atoms with Crippen molar-refractivity contribution in [3.63, 3.8) is 0 Å². The monoisotopic (exact) mass is 550 g/mol. The van der Waals surface area contributed by atoms with E-state index in [4.69, 9.17) is 9.47 Å². The average Bonchev–Trinajstić information content (AvgIpc) is 3.02. The number of hydrogen-bond acceptors (Lipinski definition) is 14. The van der Waals surface area contributed by atoms with Gasteiger partial charge in [-0.2, -0.15) is 4.31 Å². The Morgan fingerprint density at radius 2 is 1.63 bits per heavy atom. The third-order valence-corrected chi connectivity index (χ3v) is 7.72. The van der Waals surface area contributed by atoms with Crippen molar-refractivity contribution in [1.29, 1.82) is 0 Å². The van der Waals surface area contributed by atoms with E-state index in [-0.39, 0.29) is 0 Å². The van der Waals surface area contributed by atoms with Gasteiger partial charge in [0.1, 0.15) is 36.6 Å². The van der Waals surface area contributed by atoms with Crippen LogP contribution in [0.1, 0.15) is 13.2 Å². The second kappa shape index (κ2) is 10.6. The van der Waals surface area contributed by atoms with Crippen LogP contribution in [0.2, 0.25) is 0 Å². The van der Waals surface area contributed by atoms with Gasteiger partial charge in [-0.15, -0.1) is 0 Å². The zero-order valence-corrected chi connectivity index (χ0v) is 19.5. The van der Waals surface area contributed by atoms with Gasteiger partial charge >= 0.3 is 21.3 Å². The zero-order valence-electron chi connectivity index (χ0n) is 17.7. The lowest BCUT2D eigenvalue weighted by Gasteiger charge is -2.38. The van der Waals surface area contributed by atoms with Crippen LogP contribution in [0.5, 0.6) is 0 Å². The summed E-state index contributed by atoms with van der Waals surface area (Å²) < 4.78 is 48.3. The molecule has 2 saturated heterocycles. The number of nitrogens with zero attached hydrogens (tertiary/aromatic N) is 1. The molecule has 3 heterocycles. The van der Waals surface area contributed by atoms with Crippen LogP contribution < -0.4 is 11.2 Å². The number of rotatable bonds is 8. The first-order chi connectivity index (χ1) is 16.1. The van der Waals surface area contributed by atoms with E-state index in [1.165, 1.54) is 6.92 Å². The molecule has 8 N–H and O–H groups in total. The number of aliphatic hydroxyl groups is 5. The maximum atomic E-state index is 12.1. The molecule has 1 aromatic rings. The first kappa shape index (κ1) is 28.2. The van der Waals surface area contributed by atoms with Gasteiger partial charge in [0.25, 0.3) is 5.56 Å². The fraction of sp³-hybridized carbons (Fsp3) is 0.733. The van der Waals surface area contributed by atoms with Crippen LogP contribution >= 0.6 is 15.6 Å². The van der Waals surface area contributed by atoms with Crippen molar-refractivity contribution in [2.45, 2.75) is 62.2 Å². The minimum absolute atomic E-state index is 0.737. The van der Waals surface area contributed by atoms with Crippen molar-refractivity contribution < 1.29 is 67.3 Å². The summed E-state index contributed by atoms with van der Waals surface area (Å²) in [5.74, 6) is 0. The molecule has 2 aliphatic heterocycles. The molecule has 35 heavy (non-hydrogen) atoms. The molecular formula is C15H24N2O16P2. The number of aromatic nitrogens is 2. The number of phosphoric acid groups is 2. The summed E-state index contributed by atoms with van der Waals surface area (Å²) in [7, 11) is -10.9. The van der Waals surface area contributed by atoms with Crippen LogP contribution in [0.4, 0.5) is 0 Å². The molecule has 200 valence electrons. The Morgan fingerprint density at radius 1 is 0.971 bits per heavy atom. The van der Waals surface area contributed by atoms with E-state index >= 15 is 0 Å². The highest BCUT2D eigenvalue weighted by molar-refractivity contribution is 7.61. The molecule has 0 aliphatic carbocycles. The second-order valence-corrected chi connectivity index (χ2v) is 10.7. The molecule has 0 spiro atoms. The lowest BCUT2D eigenvalue weighted by molar-refractivity contribution is -0.271. The van der Waals surface area contributed by atoms with Crippen molar-refractivity contribution in [2.75, 3.05) is 6.61 Å². The molecule has 0 aromatic carbocycles. The lowest BCUT2D eigenvalue weighted by Crippen LogP contribution is -2.57. The molecule has 0 bridgehead atoms. The van der Waals surface area contributed by atoms with Crippen molar-refractivity contribution in [3.05, 3.63) is 33.1 Å². The van der Waals surface area contributed by atoms with Crippen molar-refractivity contribution in [2.24, 2.45) is 0 Å². The van der Waals surface area contributed by atoms with E-state index in [0.717, 1.165) is 16.8 Å². The van der Waals surface area contributed by atoms with Crippen LogP contribution in [0.15, 0.2) is 21.9 Å². The summed E-state index contributed by atoms with van der Waals surface area (Å²) in [6, 6.07) is 0.940. The Bertz CT molecular complexity index is 1110. The molecule has 0 amide bonds. The van der Waals surface area contributed by atoms with Crippen LogP contribution in [0, 0.1) is 0 Å². The minimum atomic E-state index is -5.50. The minimum Gasteiger partial charge on any atom is -0.388 e. The quantitative estimate of drug-likeness (QED) is 0.144. The van der Waals surface area contributed by atoms with Crippen molar-refractivity contribution >= 4 is 15.6 Å². The Hall–Kier alpha value is -1.34. The normalized spacial score (nSPS) is 39.1. The Kier molecular flexibility index (Phi) is 8.52. The molecule has 2 aliphatic rings. The first-order valence-electron chi connectivity index (χ1n) is 9.84. The SMILES string of the molecule is C[C@@H]1O[C@H](OP(=O)(O)OP(=O)(O)OC[C@H]2O[C@@H](n3ccc(=O)[nH]c3=O)[C@H](O)[C@@H]2O)[C@@H](O)[C@H](O)[C@@H]1O. The summed E-state index contributed by atoms with van der Waals surface area (Å²) in [5, 5.41) is 49.4. The molecular weight excluding hydrogens is 526 g/mol. The number of ether oxygens (including phenoxy) is 2. The standard InChI is InChI=1S/C15H24N2O16P2/c1-5-8(19)10(21)12(23)14(30-5)32-35(27,28)33-34(25,26)29-4-6-9(20)11(22)13(31-6)17-3-2-7(18)16-15(17)24/h2-3,5-6,8-14,19-23H,4H2,1H3,(H,25,26)(H,27,28)(H,16,18,24)/t5-,6+,8+,9+,10+,11+,12-,13+,14+/m0/s1. The Morgan fingerprint density at radius 3 is 2.26 bits per heavy atom. The molecule has 20 heteroatoms. The highest BCUT2D eigenvalue weighted by Gasteiger charge is 2.49. The zero-order chi connectivity index (χ0) is 26.3. The molecule has 0 saturated carbocycles. The average molecular weight is 550 g/mol. The third-order valence-electron chi connectivity index (χ3n) is 5.12. The lowest BCUT2D eigenvalue weighted by atomic mass is 10.0. The fourth-order valence-corrected chi connectivity index (χ4v) is 5.45. The maximum Gasteiger partial charge on any atom is 0.483 e. The summed E-state index contributed by atoms with van der Waals surface area (Å²) in [4.78, 5) is 44.5. The predicted octanol–water partition coefficient (Wildman–Crippen LogP) is -3.77. The van der Waals surface area contributed by atoms with Gasteiger partial charge in [0.2, 0.25) is 0 Å². The molecule has 2 fully saturated rings. The highest BCUT2D eigenvalue weighted by Crippen LogP contribution is 2.61. The smallest absolute Gasteiger partial charge is 0.388 e. The Labute approximate surface area is 195 Å². The van der Waals surface area contributed by atoms with E-state index in [1.807, 2.05) is 4.98 Å². The van der Waals surface area contributed by atoms with Gasteiger partial charge in [0.05, 0.1) is 12.7 Å². The molecule has 18 nitrogen and oxygen atoms in total. The third kappa shape index (κ3) is 6.51. The summed E-state index contributed by atoms with van der Waals surface area (Å²) in [5.41, 5.74) is -1.72. The summed E-state index contributed by atoms with van der Waals surface area (Å²) >= 11 is 0. The van der Waals surface area contributed by atoms with Gasteiger partial charge in [-0.3, -0.25) is 23.4 Å². The van der Waals surface area contributed by atoms with Gasteiger partial charge in [-0.25, -0.2) is 13.9 Å². The summed E-state index contributed by atoms with van der Waals surface area (Å²) in [6.07, 6.45) is -14.2. The summed E-state index contributed by atoms with van der Waals surface area (Å²) in [6.45, 7) is 0.250. The Balaban J connectivity index is 1.61. The number of hydrogen-bond donors (Lipinski definition) is 8. The van der Waals surface area contributed by atoms with Crippen LogP contribution in [0.3, 0.4) is 0 Å². The molecule has 2 unspecified atom stereocenters. The molecule has 3 rings (SSSR count). The number of H-pyrrole nitrogens is 1. The van der Waals surface area contributed by atoms with E-state index in [1.54, 1.807) is 0 Å². The fourth-order valence-electron chi connectivity index (χ4n) is 3.30. The van der Waals surface area contributed by atoms with Gasteiger partial charge in [-0.1, -0.05) is 0 Å². The van der Waals surface area contributed by atoms with Gasteiger partial charge in [0.15, 0.2) is 12.5 Å². The van der Waals surface area contributed by atoms with E-state index in [2.05, 4.69) is 13.4 Å².